The second-order valence-electron chi connectivity index (χ2n) is 7.22. The molecule has 3 aromatic heterocycles. The highest BCUT2D eigenvalue weighted by Gasteiger charge is 2.34. The van der Waals surface area contributed by atoms with Crippen molar-refractivity contribution in [1.82, 2.24) is 23.8 Å². The van der Waals surface area contributed by atoms with Gasteiger partial charge < -0.3 is 14.7 Å². The van der Waals surface area contributed by atoms with Crippen molar-refractivity contribution in [3.63, 3.8) is 0 Å². The first-order valence-corrected chi connectivity index (χ1v) is 11.0. The zero-order valence-corrected chi connectivity index (χ0v) is 16.4. The van der Waals surface area contributed by atoms with Gasteiger partial charge in [-0.25, -0.2) is 18.4 Å². The predicted molar refractivity (Wildman–Crippen MR) is 104 cm³/mol. The van der Waals surface area contributed by atoms with Crippen LogP contribution >= 0.6 is 0 Å². The molecule has 4 rings (SSSR count). The molecule has 1 aliphatic heterocycles. The number of fused-ring (bicyclic) bond motifs is 3. The fraction of sp³-hybridized carbons (Fsp3) is 0.556. The van der Waals surface area contributed by atoms with Crippen LogP contribution in [0.1, 0.15) is 51.1 Å². The second kappa shape index (κ2) is 6.88. The van der Waals surface area contributed by atoms with E-state index in [1.54, 1.807) is 17.4 Å². The lowest BCUT2D eigenvalue weighted by Gasteiger charge is -2.20. The highest BCUT2D eigenvalue weighted by molar-refractivity contribution is 7.89. The molecule has 8 nitrogen and oxygen atoms in total. The zero-order valence-electron chi connectivity index (χ0n) is 15.6. The Kier molecular flexibility index (Phi) is 4.69. The minimum absolute atomic E-state index is 0.0588. The largest absolute Gasteiger partial charge is 0.385 e. The average molecular weight is 391 g/mol. The number of aliphatic hydroxyl groups is 1. The van der Waals surface area contributed by atoms with Crippen molar-refractivity contribution in [2.45, 2.75) is 45.3 Å². The quantitative estimate of drug-likeness (QED) is 0.671. The maximum atomic E-state index is 12.6. The van der Waals surface area contributed by atoms with Crippen molar-refractivity contribution in [2.24, 2.45) is 0 Å². The van der Waals surface area contributed by atoms with Crippen LogP contribution in [0, 0.1) is 0 Å². The Morgan fingerprint density at radius 2 is 2.26 bits per heavy atom. The molecule has 0 bridgehead atoms. The number of unbranched alkanes of at least 4 members (excludes halogenated alkanes) is 1. The summed E-state index contributed by atoms with van der Waals surface area (Å²) < 4.78 is 28.8. The first kappa shape index (κ1) is 18.4. The molecule has 1 unspecified atom stereocenters. The zero-order chi connectivity index (χ0) is 19.2. The average Bonchev–Trinajstić information content (AvgIpc) is 3.34. The third-order valence-electron chi connectivity index (χ3n) is 5.28. The lowest BCUT2D eigenvalue weighted by molar-refractivity contribution is 0.182. The van der Waals surface area contributed by atoms with Gasteiger partial charge in [0.15, 0.2) is 0 Å². The Hall–Kier alpha value is -1.97. The van der Waals surface area contributed by atoms with Crippen molar-refractivity contribution >= 4 is 32.1 Å². The van der Waals surface area contributed by atoms with Crippen LogP contribution in [0.25, 0.3) is 22.1 Å². The van der Waals surface area contributed by atoms with Crippen LogP contribution in [0.3, 0.4) is 0 Å². The molecule has 4 heterocycles. The number of sulfonamides is 1. The number of nitrogens with one attached hydrogen (secondary N) is 1. The summed E-state index contributed by atoms with van der Waals surface area (Å²) >= 11 is 0. The fourth-order valence-corrected chi connectivity index (χ4v) is 5.60. The molecule has 0 radical (unpaired) electrons. The van der Waals surface area contributed by atoms with Gasteiger partial charge in [-0.2, -0.15) is 4.31 Å². The molecule has 0 aliphatic carbocycles. The molecule has 1 saturated heterocycles. The molecule has 27 heavy (non-hydrogen) atoms. The Bertz CT molecular complexity index is 1070. The maximum Gasteiger partial charge on any atom is 0.214 e. The van der Waals surface area contributed by atoms with Gasteiger partial charge in [0.25, 0.3) is 0 Å². The number of hydrogen-bond donors (Lipinski definition) is 2. The van der Waals surface area contributed by atoms with Crippen LogP contribution in [0.4, 0.5) is 0 Å². The Morgan fingerprint density at radius 3 is 3.00 bits per heavy atom. The number of rotatable bonds is 6. The van der Waals surface area contributed by atoms with Gasteiger partial charge in [0.05, 0.1) is 23.5 Å². The summed E-state index contributed by atoms with van der Waals surface area (Å²) in [5.41, 5.74) is 2.37. The van der Waals surface area contributed by atoms with E-state index in [4.69, 9.17) is 0 Å². The minimum Gasteiger partial charge on any atom is -0.385 e. The van der Waals surface area contributed by atoms with E-state index in [1.807, 2.05) is 23.8 Å². The smallest absolute Gasteiger partial charge is 0.214 e. The molecule has 1 aliphatic rings. The number of aromatic nitrogens is 4. The molecule has 0 amide bonds. The van der Waals surface area contributed by atoms with Gasteiger partial charge in [-0.1, -0.05) is 13.3 Å². The van der Waals surface area contributed by atoms with Crippen LogP contribution in [0.5, 0.6) is 0 Å². The van der Waals surface area contributed by atoms with Gasteiger partial charge in [0.2, 0.25) is 10.0 Å². The molecule has 0 aromatic carbocycles. The third-order valence-corrected chi connectivity index (χ3v) is 7.20. The van der Waals surface area contributed by atoms with Gasteiger partial charge in [0, 0.05) is 24.7 Å². The number of H-pyrrole nitrogens is 1. The van der Waals surface area contributed by atoms with Gasteiger partial charge in [-0.3, -0.25) is 0 Å². The maximum absolute atomic E-state index is 12.6. The molecular formula is C18H25N5O3S. The first-order valence-electron chi connectivity index (χ1n) is 9.42. The molecule has 2 atom stereocenters. The van der Waals surface area contributed by atoms with E-state index >= 15 is 0 Å². The number of hydrogen-bond acceptors (Lipinski definition) is 5. The van der Waals surface area contributed by atoms with Crippen LogP contribution in [-0.2, 0) is 10.0 Å². The van der Waals surface area contributed by atoms with Crippen molar-refractivity contribution in [2.75, 3.05) is 18.8 Å². The lowest BCUT2D eigenvalue weighted by atomic mass is 10.2. The summed E-state index contributed by atoms with van der Waals surface area (Å²) in [6.45, 7) is 4.58. The summed E-state index contributed by atoms with van der Waals surface area (Å²) in [4.78, 5) is 12.1. The number of pyridine rings is 1. The summed E-state index contributed by atoms with van der Waals surface area (Å²) in [5, 5.41) is 11.2. The standard InChI is InChI=1S/C18H25N5O3S/c1-3-4-9-27(25,26)22-8-6-13(11-22)23-16-14-5-7-19-17(14)20-10-15(16)21-18(23)12(2)24/h5,7,10,12-13,24H,3-4,6,8-9,11H2,1-2H3,(H,19,20)/t12-,13?/m1/s1. The molecule has 1 fully saturated rings. The highest BCUT2D eigenvalue weighted by atomic mass is 32.2. The fourth-order valence-electron chi connectivity index (χ4n) is 3.90. The highest BCUT2D eigenvalue weighted by Crippen LogP contribution is 2.34. The second-order valence-corrected chi connectivity index (χ2v) is 9.31. The van der Waals surface area contributed by atoms with E-state index < -0.39 is 16.1 Å². The normalized spacial score (nSPS) is 20.0. The molecule has 3 aromatic rings. The van der Waals surface area contributed by atoms with Crippen molar-refractivity contribution < 1.29 is 13.5 Å². The van der Waals surface area contributed by atoms with Crippen LogP contribution in [-0.4, -0.2) is 56.2 Å². The van der Waals surface area contributed by atoms with E-state index in [-0.39, 0.29) is 11.8 Å². The van der Waals surface area contributed by atoms with Gasteiger partial charge in [0.1, 0.15) is 23.1 Å². The van der Waals surface area contributed by atoms with E-state index in [0.29, 0.717) is 37.3 Å². The number of aliphatic hydroxyl groups excluding tert-OH is 1. The summed E-state index contributed by atoms with van der Waals surface area (Å²) in [7, 11) is -3.25. The Morgan fingerprint density at radius 1 is 1.44 bits per heavy atom. The van der Waals surface area contributed by atoms with Gasteiger partial charge >= 0.3 is 0 Å². The van der Waals surface area contributed by atoms with Crippen LogP contribution in [0.15, 0.2) is 18.5 Å². The van der Waals surface area contributed by atoms with E-state index in [2.05, 4.69) is 15.0 Å². The monoisotopic (exact) mass is 391 g/mol. The van der Waals surface area contributed by atoms with Crippen molar-refractivity contribution in [1.29, 1.82) is 0 Å². The number of aromatic amines is 1. The van der Waals surface area contributed by atoms with E-state index in [9.17, 15) is 13.5 Å². The van der Waals surface area contributed by atoms with Crippen LogP contribution < -0.4 is 0 Å². The third kappa shape index (κ3) is 3.13. The SMILES string of the molecule is CCCCS(=O)(=O)N1CCC(n2c([C@@H](C)O)nc3cnc4[nH]ccc4c32)C1. The van der Waals surface area contributed by atoms with E-state index in [1.165, 1.54) is 0 Å². The first-order chi connectivity index (χ1) is 12.9. The van der Waals surface area contributed by atoms with Crippen LogP contribution in [0.2, 0.25) is 0 Å². The number of nitrogens with zero attached hydrogens (tertiary/aromatic N) is 4. The van der Waals surface area contributed by atoms with Crippen molar-refractivity contribution in [3.05, 3.63) is 24.3 Å². The Balaban J connectivity index is 1.77. The molecule has 0 saturated carbocycles. The van der Waals surface area contributed by atoms with E-state index in [0.717, 1.165) is 23.0 Å². The summed E-state index contributed by atoms with van der Waals surface area (Å²) in [6, 6.07) is 1.89. The molecule has 0 spiro atoms. The number of imidazole rings is 1. The van der Waals surface area contributed by atoms with Gasteiger partial charge in [-0.05, 0) is 25.8 Å². The summed E-state index contributed by atoms with van der Waals surface area (Å²) in [6.07, 6.45) is 5.00. The van der Waals surface area contributed by atoms with Crippen molar-refractivity contribution in [3.8, 4) is 0 Å². The summed E-state index contributed by atoms with van der Waals surface area (Å²) in [5.74, 6) is 0.745. The molecular weight excluding hydrogens is 366 g/mol. The minimum atomic E-state index is -3.25. The predicted octanol–water partition coefficient (Wildman–Crippen LogP) is 2.34. The Labute approximate surface area is 158 Å². The van der Waals surface area contributed by atoms with Gasteiger partial charge in [-0.15, -0.1) is 0 Å². The topological polar surface area (TPSA) is 104 Å². The molecule has 2 N–H and O–H groups in total. The molecule has 9 heteroatoms. The lowest BCUT2D eigenvalue weighted by Crippen LogP contribution is -2.31. The molecule has 146 valence electrons.